The molecule has 1 heterocycles. The number of nitrogens with one attached hydrogen (secondary N) is 1. The second-order valence-corrected chi connectivity index (χ2v) is 9.59. The molecule has 0 spiro atoms. The highest BCUT2D eigenvalue weighted by molar-refractivity contribution is 9.10. The van der Waals surface area contributed by atoms with Gasteiger partial charge >= 0.3 is 0 Å². The zero-order chi connectivity index (χ0) is 23.4. The van der Waals surface area contributed by atoms with E-state index in [0.29, 0.717) is 17.2 Å². The van der Waals surface area contributed by atoms with Crippen LogP contribution in [0.2, 0.25) is 0 Å². The molecular formula is C25H23BrN2O4S. The third kappa shape index (κ3) is 5.34. The first-order valence-electron chi connectivity index (χ1n) is 10.3. The Kier molecular flexibility index (Phi) is 7.25. The molecule has 4 rings (SSSR count). The molecule has 170 valence electrons. The fourth-order valence-corrected chi connectivity index (χ4v) is 5.20. The van der Waals surface area contributed by atoms with Crippen LogP contribution in [0.5, 0.6) is 11.5 Å². The number of halogens is 1. The Labute approximate surface area is 205 Å². The van der Waals surface area contributed by atoms with Gasteiger partial charge in [-0.25, -0.2) is 0 Å². The maximum atomic E-state index is 13.3. The molecule has 8 heteroatoms. The van der Waals surface area contributed by atoms with E-state index in [2.05, 4.69) is 21.2 Å². The van der Waals surface area contributed by atoms with Crippen LogP contribution in [0.4, 0.5) is 11.4 Å². The Balaban J connectivity index is 1.59. The molecular weight excluding hydrogens is 504 g/mol. The fourth-order valence-electron chi connectivity index (χ4n) is 3.67. The SMILES string of the molecule is COc1ccc([C@@H]2CC(=O)N(CC(=O)Nc3ccc(Br)cc3)c3ccccc3S2)cc1OC. The van der Waals surface area contributed by atoms with Crippen LogP contribution in [0.1, 0.15) is 17.2 Å². The summed E-state index contributed by atoms with van der Waals surface area (Å²) in [7, 11) is 3.18. The van der Waals surface area contributed by atoms with E-state index < -0.39 is 0 Å². The molecule has 6 nitrogen and oxygen atoms in total. The lowest BCUT2D eigenvalue weighted by molar-refractivity contribution is -0.121. The number of carbonyl (C=O) groups is 2. The summed E-state index contributed by atoms with van der Waals surface area (Å²) in [5.74, 6) is 0.886. The van der Waals surface area contributed by atoms with Gasteiger partial charge in [0.1, 0.15) is 6.54 Å². The fraction of sp³-hybridized carbons (Fsp3) is 0.200. The monoisotopic (exact) mass is 526 g/mol. The zero-order valence-corrected chi connectivity index (χ0v) is 20.6. The number of carbonyl (C=O) groups excluding carboxylic acids is 2. The summed E-state index contributed by atoms with van der Waals surface area (Å²) in [5.41, 5.74) is 2.37. The molecule has 1 atom stereocenters. The highest BCUT2D eigenvalue weighted by Crippen LogP contribution is 2.46. The van der Waals surface area contributed by atoms with E-state index in [1.807, 2.05) is 66.7 Å². The van der Waals surface area contributed by atoms with Crippen molar-refractivity contribution >= 4 is 50.9 Å². The molecule has 1 aliphatic rings. The van der Waals surface area contributed by atoms with Crippen molar-refractivity contribution in [2.75, 3.05) is 31.0 Å². The zero-order valence-electron chi connectivity index (χ0n) is 18.2. The first-order chi connectivity index (χ1) is 16.0. The van der Waals surface area contributed by atoms with Crippen molar-refractivity contribution in [1.82, 2.24) is 0 Å². The van der Waals surface area contributed by atoms with Crippen molar-refractivity contribution in [3.8, 4) is 11.5 Å². The van der Waals surface area contributed by atoms with E-state index in [0.717, 1.165) is 20.6 Å². The number of fused-ring (bicyclic) bond motifs is 1. The van der Waals surface area contributed by atoms with Gasteiger partial charge in [0, 0.05) is 26.7 Å². The van der Waals surface area contributed by atoms with Gasteiger partial charge in [0.2, 0.25) is 11.8 Å². The number of ether oxygens (including phenoxy) is 2. The quantitative estimate of drug-likeness (QED) is 0.447. The summed E-state index contributed by atoms with van der Waals surface area (Å²) < 4.78 is 11.7. The maximum absolute atomic E-state index is 13.3. The Bertz CT molecular complexity index is 1170. The van der Waals surface area contributed by atoms with Crippen molar-refractivity contribution in [3.05, 3.63) is 76.8 Å². The predicted octanol–water partition coefficient (Wildman–Crippen LogP) is 5.68. The normalized spacial score (nSPS) is 15.4. The van der Waals surface area contributed by atoms with E-state index in [9.17, 15) is 9.59 Å². The first kappa shape index (κ1) is 23.2. The van der Waals surface area contributed by atoms with E-state index in [4.69, 9.17) is 9.47 Å². The van der Waals surface area contributed by atoms with Crippen LogP contribution in [-0.4, -0.2) is 32.6 Å². The molecule has 3 aromatic rings. The lowest BCUT2D eigenvalue weighted by Crippen LogP contribution is -2.38. The molecule has 1 N–H and O–H groups in total. The summed E-state index contributed by atoms with van der Waals surface area (Å²) in [6.45, 7) is -0.0644. The third-order valence-corrected chi connectivity index (χ3v) is 7.15. The summed E-state index contributed by atoms with van der Waals surface area (Å²) in [5, 5.41) is 2.74. The molecule has 0 radical (unpaired) electrons. The molecule has 3 aromatic carbocycles. The summed E-state index contributed by atoms with van der Waals surface area (Å²) >= 11 is 4.99. The number of methoxy groups -OCH3 is 2. The average molecular weight is 527 g/mol. The molecule has 0 saturated heterocycles. The number of hydrogen-bond acceptors (Lipinski definition) is 5. The molecule has 0 aromatic heterocycles. The van der Waals surface area contributed by atoms with Gasteiger partial charge in [-0.15, -0.1) is 11.8 Å². The van der Waals surface area contributed by atoms with Gasteiger partial charge in [0.25, 0.3) is 0 Å². The lowest BCUT2D eigenvalue weighted by Gasteiger charge is -2.22. The van der Waals surface area contributed by atoms with Gasteiger partial charge in [0.15, 0.2) is 11.5 Å². The highest BCUT2D eigenvalue weighted by Gasteiger charge is 2.30. The molecule has 2 amide bonds. The van der Waals surface area contributed by atoms with Crippen LogP contribution in [0.15, 0.2) is 76.1 Å². The van der Waals surface area contributed by atoms with Crippen LogP contribution in [-0.2, 0) is 9.59 Å². The lowest BCUT2D eigenvalue weighted by atomic mass is 10.1. The minimum absolute atomic E-state index is 0.0644. The molecule has 0 unspecified atom stereocenters. The Morgan fingerprint density at radius 2 is 1.79 bits per heavy atom. The molecule has 0 bridgehead atoms. The first-order valence-corrected chi connectivity index (χ1v) is 12.0. The molecule has 0 fully saturated rings. The van der Waals surface area contributed by atoms with Gasteiger partial charge in [0.05, 0.1) is 19.9 Å². The maximum Gasteiger partial charge on any atom is 0.244 e. The minimum Gasteiger partial charge on any atom is -0.493 e. The molecule has 0 saturated carbocycles. The van der Waals surface area contributed by atoms with Crippen molar-refractivity contribution < 1.29 is 19.1 Å². The summed E-state index contributed by atoms with van der Waals surface area (Å²) in [6, 6.07) is 20.7. The van der Waals surface area contributed by atoms with Gasteiger partial charge in [-0.2, -0.15) is 0 Å². The second-order valence-electron chi connectivity index (χ2n) is 7.43. The summed E-state index contributed by atoms with van der Waals surface area (Å²) in [4.78, 5) is 28.6. The number of anilines is 2. The Hall–Kier alpha value is -2.97. The average Bonchev–Trinajstić information content (AvgIpc) is 2.96. The van der Waals surface area contributed by atoms with E-state index in [-0.39, 0.29) is 30.0 Å². The Morgan fingerprint density at radius 1 is 1.06 bits per heavy atom. The van der Waals surface area contributed by atoms with Gasteiger partial charge in [-0.05, 0) is 54.1 Å². The molecule has 1 aliphatic heterocycles. The van der Waals surface area contributed by atoms with Crippen LogP contribution in [0, 0.1) is 0 Å². The second kappa shape index (κ2) is 10.3. The predicted molar refractivity (Wildman–Crippen MR) is 134 cm³/mol. The minimum atomic E-state index is -0.255. The molecule has 33 heavy (non-hydrogen) atoms. The number of rotatable bonds is 6. The van der Waals surface area contributed by atoms with Crippen LogP contribution >= 0.6 is 27.7 Å². The smallest absolute Gasteiger partial charge is 0.244 e. The van der Waals surface area contributed by atoms with Gasteiger partial charge < -0.3 is 19.7 Å². The Morgan fingerprint density at radius 3 is 2.52 bits per heavy atom. The van der Waals surface area contributed by atoms with Crippen LogP contribution in [0.3, 0.4) is 0 Å². The van der Waals surface area contributed by atoms with E-state index in [1.54, 1.807) is 30.9 Å². The largest absolute Gasteiger partial charge is 0.493 e. The van der Waals surface area contributed by atoms with Crippen LogP contribution < -0.4 is 19.7 Å². The van der Waals surface area contributed by atoms with E-state index in [1.165, 1.54) is 0 Å². The van der Waals surface area contributed by atoms with Crippen molar-refractivity contribution in [2.45, 2.75) is 16.6 Å². The number of nitrogens with zero attached hydrogens (tertiary/aromatic N) is 1. The van der Waals surface area contributed by atoms with Crippen LogP contribution in [0.25, 0.3) is 0 Å². The number of benzene rings is 3. The van der Waals surface area contributed by atoms with E-state index >= 15 is 0 Å². The summed E-state index contributed by atoms with van der Waals surface area (Å²) in [6.07, 6.45) is 0.250. The highest BCUT2D eigenvalue weighted by atomic mass is 79.9. The van der Waals surface area contributed by atoms with Crippen molar-refractivity contribution in [2.24, 2.45) is 0 Å². The van der Waals surface area contributed by atoms with Crippen molar-refractivity contribution in [3.63, 3.8) is 0 Å². The number of para-hydroxylation sites is 1. The topological polar surface area (TPSA) is 67.9 Å². The number of thioether (sulfide) groups is 1. The van der Waals surface area contributed by atoms with Gasteiger partial charge in [-0.1, -0.05) is 34.1 Å². The number of amides is 2. The standard InChI is InChI=1S/C25H23BrN2O4S/c1-31-20-12-7-16(13-21(20)32-2)23-14-25(30)28(19-5-3-4-6-22(19)33-23)15-24(29)27-18-10-8-17(26)9-11-18/h3-13,23H,14-15H2,1-2H3,(H,27,29)/t23-/m0/s1. The third-order valence-electron chi connectivity index (χ3n) is 5.30. The number of hydrogen-bond donors (Lipinski definition) is 1. The van der Waals surface area contributed by atoms with Crippen molar-refractivity contribution in [1.29, 1.82) is 0 Å². The van der Waals surface area contributed by atoms with Gasteiger partial charge in [-0.3, -0.25) is 9.59 Å². The molecule has 0 aliphatic carbocycles.